The van der Waals surface area contributed by atoms with Crippen LogP contribution in [0.5, 0.6) is 0 Å². The Morgan fingerprint density at radius 2 is 1.71 bits per heavy atom. The molecule has 5 heteroatoms. The molecule has 1 aliphatic rings. The van der Waals surface area contributed by atoms with Crippen molar-refractivity contribution in [2.45, 2.75) is 20.3 Å². The van der Waals surface area contributed by atoms with Crippen molar-refractivity contribution in [3.8, 4) is 0 Å². The molecule has 0 aromatic carbocycles. The summed E-state index contributed by atoms with van der Waals surface area (Å²) in [7, 11) is 0. The quantitative estimate of drug-likeness (QED) is 0.613. The van der Waals surface area contributed by atoms with E-state index in [1.807, 2.05) is 19.9 Å². The Kier molecular flexibility index (Phi) is 10.5. The van der Waals surface area contributed by atoms with Crippen LogP contribution in [-0.4, -0.2) is 45.0 Å². The molecule has 0 N–H and O–H groups in total. The van der Waals surface area contributed by atoms with Crippen molar-refractivity contribution in [1.29, 1.82) is 0 Å². The third-order valence-corrected chi connectivity index (χ3v) is 2.29. The molecule has 0 amide bonds. The zero-order valence-electron chi connectivity index (χ0n) is 10.6. The molecule has 1 rings (SSSR count). The third-order valence-electron chi connectivity index (χ3n) is 2.29. The van der Waals surface area contributed by atoms with Crippen molar-refractivity contribution >= 4 is 5.71 Å². The van der Waals surface area contributed by atoms with E-state index in [0.717, 1.165) is 57.1 Å². The molecule has 4 nitrogen and oxygen atoms in total. The van der Waals surface area contributed by atoms with E-state index in [1.54, 1.807) is 0 Å². The van der Waals surface area contributed by atoms with Crippen LogP contribution in [0.2, 0.25) is 0 Å². The van der Waals surface area contributed by atoms with Crippen LogP contribution in [0.15, 0.2) is 16.8 Å². The summed E-state index contributed by atoms with van der Waals surface area (Å²) in [5.41, 5.74) is 2.07. The first-order chi connectivity index (χ1) is 7.79. The van der Waals surface area contributed by atoms with Gasteiger partial charge in [-0.05, 0) is 6.92 Å². The molecule has 100 valence electrons. The largest absolute Gasteiger partial charge is 2.00 e. The van der Waals surface area contributed by atoms with E-state index in [1.165, 1.54) is 0 Å². The molecule has 0 aromatic rings. The fourth-order valence-corrected chi connectivity index (χ4v) is 1.51. The molecular weight excluding hydrogens is 259 g/mol. The standard InChI is InChI=1S/C12H21N4.Ni/c1-11-10-12(2)16-9-7-14-5-3-4-13-6-8-15-11;/h10H,3-9H2,1-2H3;/q-3;+2/b11-10-,16-12?;. The molecule has 0 saturated carbocycles. The van der Waals surface area contributed by atoms with Gasteiger partial charge in [-0.3, -0.25) is 4.99 Å². The minimum atomic E-state index is 0. The summed E-state index contributed by atoms with van der Waals surface area (Å²) in [4.78, 5) is 4.43. The van der Waals surface area contributed by atoms with Crippen LogP contribution >= 0.6 is 0 Å². The molecule has 17 heavy (non-hydrogen) atoms. The molecule has 0 aliphatic carbocycles. The van der Waals surface area contributed by atoms with Crippen molar-refractivity contribution < 1.29 is 16.5 Å². The number of rotatable bonds is 0. The normalized spacial score (nSPS) is 23.2. The molecule has 0 fully saturated rings. The predicted octanol–water partition coefficient (Wildman–Crippen LogP) is 2.87. The predicted molar refractivity (Wildman–Crippen MR) is 70.8 cm³/mol. The summed E-state index contributed by atoms with van der Waals surface area (Å²) in [5, 5.41) is 13.2. The maximum Gasteiger partial charge on any atom is 2.00 e. The van der Waals surface area contributed by atoms with Crippen molar-refractivity contribution in [2.24, 2.45) is 4.99 Å². The molecule has 0 bridgehead atoms. The Balaban J connectivity index is 0.00000256. The van der Waals surface area contributed by atoms with Crippen LogP contribution in [0.4, 0.5) is 0 Å². The van der Waals surface area contributed by atoms with E-state index < -0.39 is 0 Å². The van der Waals surface area contributed by atoms with Gasteiger partial charge in [-0.25, -0.2) is 0 Å². The average Bonchev–Trinajstić information content (AvgIpc) is 2.25. The van der Waals surface area contributed by atoms with E-state index in [9.17, 15) is 0 Å². The summed E-state index contributed by atoms with van der Waals surface area (Å²) in [6, 6.07) is 0. The summed E-state index contributed by atoms with van der Waals surface area (Å²) in [5.74, 6) is 0. The minimum absolute atomic E-state index is 0. The van der Waals surface area contributed by atoms with Crippen LogP contribution < -0.4 is 0 Å². The van der Waals surface area contributed by atoms with Crippen molar-refractivity contribution in [1.82, 2.24) is 0 Å². The molecule has 0 radical (unpaired) electrons. The van der Waals surface area contributed by atoms with Gasteiger partial charge in [0.05, 0.1) is 0 Å². The first-order valence-electron chi connectivity index (χ1n) is 5.92. The fourth-order valence-electron chi connectivity index (χ4n) is 1.51. The van der Waals surface area contributed by atoms with Crippen LogP contribution in [-0.2, 0) is 16.5 Å². The number of aliphatic imine (C=N–C) groups is 1. The Morgan fingerprint density at radius 1 is 1.00 bits per heavy atom. The second-order valence-corrected chi connectivity index (χ2v) is 3.89. The van der Waals surface area contributed by atoms with E-state index >= 15 is 0 Å². The summed E-state index contributed by atoms with van der Waals surface area (Å²) in [6.07, 6.45) is 3.07. The van der Waals surface area contributed by atoms with Crippen LogP contribution in [0.25, 0.3) is 16.0 Å². The van der Waals surface area contributed by atoms with Gasteiger partial charge < -0.3 is 16.0 Å². The third kappa shape index (κ3) is 9.34. The molecule has 1 aliphatic heterocycles. The first-order valence-corrected chi connectivity index (χ1v) is 5.92. The molecular formula is C12H21N4Ni-. The van der Waals surface area contributed by atoms with E-state index in [0.29, 0.717) is 0 Å². The second kappa shape index (κ2) is 10.8. The summed E-state index contributed by atoms with van der Waals surface area (Å²) >= 11 is 0. The van der Waals surface area contributed by atoms with Gasteiger partial charge in [0.25, 0.3) is 0 Å². The topological polar surface area (TPSA) is 54.7 Å². The molecule has 0 saturated heterocycles. The Hall–Kier alpha value is -0.376. The zero-order chi connectivity index (χ0) is 11.6. The van der Waals surface area contributed by atoms with E-state index in [4.69, 9.17) is 0 Å². The number of nitrogens with zero attached hydrogens (tertiary/aromatic N) is 4. The summed E-state index contributed by atoms with van der Waals surface area (Å²) in [6.45, 7) is 9.04. The zero-order valence-corrected chi connectivity index (χ0v) is 11.6. The summed E-state index contributed by atoms with van der Waals surface area (Å²) < 4.78 is 0. The van der Waals surface area contributed by atoms with Gasteiger partial charge in [-0.2, -0.15) is 31.9 Å². The number of hydrogen-bond acceptors (Lipinski definition) is 1. The maximum atomic E-state index is 4.43. The van der Waals surface area contributed by atoms with Gasteiger partial charge in [-0.15, -0.1) is 6.54 Å². The van der Waals surface area contributed by atoms with Gasteiger partial charge in [0, 0.05) is 12.3 Å². The van der Waals surface area contributed by atoms with Crippen molar-refractivity contribution in [3.05, 3.63) is 27.7 Å². The number of allylic oxidation sites excluding steroid dienone is 2. The van der Waals surface area contributed by atoms with Gasteiger partial charge in [0.1, 0.15) is 0 Å². The Labute approximate surface area is 115 Å². The van der Waals surface area contributed by atoms with Gasteiger partial charge in [0.2, 0.25) is 0 Å². The Morgan fingerprint density at radius 3 is 2.47 bits per heavy atom. The van der Waals surface area contributed by atoms with Crippen LogP contribution in [0, 0.1) is 0 Å². The van der Waals surface area contributed by atoms with E-state index in [2.05, 4.69) is 20.9 Å². The van der Waals surface area contributed by atoms with Gasteiger partial charge in [0.15, 0.2) is 0 Å². The van der Waals surface area contributed by atoms with Gasteiger partial charge in [-0.1, -0.05) is 19.4 Å². The van der Waals surface area contributed by atoms with Gasteiger partial charge >= 0.3 is 16.5 Å². The SMILES string of the molecule is CC1=NCC[N-]CCC[N-]CC[N-]/C(C)=C\1.[Ni+2]. The fraction of sp³-hybridized carbons (Fsp3) is 0.750. The monoisotopic (exact) mass is 279 g/mol. The van der Waals surface area contributed by atoms with Crippen molar-refractivity contribution in [2.75, 3.05) is 39.3 Å². The average molecular weight is 280 g/mol. The molecule has 0 spiro atoms. The second-order valence-electron chi connectivity index (χ2n) is 3.89. The smallest absolute Gasteiger partial charge is 0.689 e. The van der Waals surface area contributed by atoms with Crippen molar-refractivity contribution in [3.63, 3.8) is 0 Å². The Bertz CT molecular complexity index is 251. The molecule has 0 atom stereocenters. The first kappa shape index (κ1) is 16.6. The van der Waals surface area contributed by atoms with Crippen LogP contribution in [0.3, 0.4) is 0 Å². The maximum absolute atomic E-state index is 4.43. The molecule has 0 aromatic heterocycles. The van der Waals surface area contributed by atoms with Crippen LogP contribution in [0.1, 0.15) is 20.3 Å². The van der Waals surface area contributed by atoms with E-state index in [-0.39, 0.29) is 16.5 Å². The molecule has 1 heterocycles. The minimum Gasteiger partial charge on any atom is -0.689 e. The number of hydrogen-bond donors (Lipinski definition) is 0. The molecule has 0 unspecified atom stereocenters.